The quantitative estimate of drug-likeness (QED) is 0.642. The topological polar surface area (TPSA) is 98.3 Å². The van der Waals surface area contributed by atoms with Crippen LogP contribution in [0.4, 0.5) is 5.69 Å². The molecule has 0 fully saturated rings. The molecule has 0 amide bonds. The molecule has 0 radical (unpaired) electrons. The standard InChI is InChI=1S/C15H11N3O3/c19-14(20)11-4-2-1-3-9(11)8-16-10-5-6-12-13(7-10)18-15(21)17-12/h1-8H,(H,19,20)(H2,17,18,21). The molecule has 0 aliphatic carbocycles. The van der Waals surface area contributed by atoms with E-state index in [-0.39, 0.29) is 11.3 Å². The van der Waals surface area contributed by atoms with Crippen LogP contribution >= 0.6 is 0 Å². The van der Waals surface area contributed by atoms with Crippen molar-refractivity contribution in [3.63, 3.8) is 0 Å². The average molecular weight is 281 g/mol. The Morgan fingerprint density at radius 3 is 2.67 bits per heavy atom. The van der Waals surface area contributed by atoms with E-state index in [2.05, 4.69) is 15.0 Å². The number of nitrogens with zero attached hydrogens (tertiary/aromatic N) is 1. The van der Waals surface area contributed by atoms with Crippen LogP contribution in [0, 0.1) is 0 Å². The molecule has 0 bridgehead atoms. The van der Waals surface area contributed by atoms with Crippen molar-refractivity contribution in [2.24, 2.45) is 4.99 Å². The molecule has 104 valence electrons. The number of nitrogens with one attached hydrogen (secondary N) is 2. The van der Waals surface area contributed by atoms with Gasteiger partial charge in [0.05, 0.1) is 22.3 Å². The number of aromatic amines is 2. The molecule has 1 heterocycles. The van der Waals surface area contributed by atoms with E-state index in [1.165, 1.54) is 12.3 Å². The molecular formula is C15H11N3O3. The van der Waals surface area contributed by atoms with Crippen molar-refractivity contribution < 1.29 is 9.90 Å². The highest BCUT2D eigenvalue weighted by molar-refractivity contribution is 5.99. The molecule has 0 aliphatic rings. The van der Waals surface area contributed by atoms with Crippen molar-refractivity contribution in [3.05, 3.63) is 64.1 Å². The number of H-pyrrole nitrogens is 2. The molecule has 3 rings (SSSR count). The van der Waals surface area contributed by atoms with Gasteiger partial charge in [0.2, 0.25) is 0 Å². The molecule has 3 aromatic rings. The van der Waals surface area contributed by atoms with Gasteiger partial charge in [0, 0.05) is 11.8 Å². The zero-order valence-corrected chi connectivity index (χ0v) is 10.8. The first-order valence-corrected chi connectivity index (χ1v) is 6.22. The van der Waals surface area contributed by atoms with Gasteiger partial charge in [-0.1, -0.05) is 18.2 Å². The van der Waals surface area contributed by atoms with Gasteiger partial charge in [-0.3, -0.25) is 4.99 Å². The lowest BCUT2D eigenvalue weighted by atomic mass is 10.1. The summed E-state index contributed by atoms with van der Waals surface area (Å²) in [5.74, 6) is -0.998. The van der Waals surface area contributed by atoms with Crippen molar-refractivity contribution in [2.75, 3.05) is 0 Å². The molecule has 0 saturated carbocycles. The maximum Gasteiger partial charge on any atom is 0.336 e. The number of carboxylic acids is 1. The van der Waals surface area contributed by atoms with Crippen molar-refractivity contribution >= 4 is 28.9 Å². The normalized spacial score (nSPS) is 11.2. The SMILES string of the molecule is O=C(O)c1ccccc1C=Nc1ccc2[nH]c(=O)[nH]c2c1. The first-order chi connectivity index (χ1) is 10.1. The van der Waals surface area contributed by atoms with Crippen molar-refractivity contribution in [3.8, 4) is 0 Å². The molecule has 2 aromatic carbocycles. The lowest BCUT2D eigenvalue weighted by Crippen LogP contribution is -2.00. The van der Waals surface area contributed by atoms with E-state index in [4.69, 9.17) is 5.11 Å². The van der Waals surface area contributed by atoms with E-state index in [1.54, 1.807) is 36.4 Å². The van der Waals surface area contributed by atoms with Crippen LogP contribution in [-0.4, -0.2) is 27.3 Å². The van der Waals surface area contributed by atoms with Gasteiger partial charge < -0.3 is 15.1 Å². The summed E-state index contributed by atoms with van der Waals surface area (Å²) in [6.07, 6.45) is 1.50. The summed E-state index contributed by atoms with van der Waals surface area (Å²) < 4.78 is 0. The zero-order valence-electron chi connectivity index (χ0n) is 10.8. The van der Waals surface area contributed by atoms with Crippen LogP contribution < -0.4 is 5.69 Å². The number of carboxylic acid groups (broad SMARTS) is 1. The van der Waals surface area contributed by atoms with E-state index >= 15 is 0 Å². The van der Waals surface area contributed by atoms with Gasteiger partial charge >= 0.3 is 11.7 Å². The lowest BCUT2D eigenvalue weighted by Gasteiger charge is -1.99. The van der Waals surface area contributed by atoms with Gasteiger partial charge in [-0.15, -0.1) is 0 Å². The fourth-order valence-corrected chi connectivity index (χ4v) is 2.05. The minimum Gasteiger partial charge on any atom is -0.478 e. The van der Waals surface area contributed by atoms with Crippen LogP contribution in [0.15, 0.2) is 52.3 Å². The van der Waals surface area contributed by atoms with Gasteiger partial charge in [0.1, 0.15) is 0 Å². The molecule has 0 aliphatic heterocycles. The van der Waals surface area contributed by atoms with Crippen LogP contribution in [0.1, 0.15) is 15.9 Å². The Morgan fingerprint density at radius 2 is 1.86 bits per heavy atom. The van der Waals surface area contributed by atoms with E-state index in [9.17, 15) is 9.59 Å². The Morgan fingerprint density at radius 1 is 1.10 bits per heavy atom. The molecule has 6 heteroatoms. The second-order valence-electron chi connectivity index (χ2n) is 4.46. The van der Waals surface area contributed by atoms with Crippen LogP contribution in [0.5, 0.6) is 0 Å². The fourth-order valence-electron chi connectivity index (χ4n) is 2.05. The molecule has 0 spiro atoms. The maximum atomic E-state index is 11.2. The average Bonchev–Trinajstić information content (AvgIpc) is 2.84. The van der Waals surface area contributed by atoms with Crippen molar-refractivity contribution in [2.45, 2.75) is 0 Å². The number of benzene rings is 2. The number of imidazole rings is 1. The van der Waals surface area contributed by atoms with E-state index < -0.39 is 5.97 Å². The molecule has 0 saturated heterocycles. The largest absolute Gasteiger partial charge is 0.478 e. The Balaban J connectivity index is 1.97. The molecule has 6 nitrogen and oxygen atoms in total. The summed E-state index contributed by atoms with van der Waals surface area (Å²) >= 11 is 0. The highest BCUT2D eigenvalue weighted by Crippen LogP contribution is 2.17. The van der Waals surface area contributed by atoms with Gasteiger partial charge in [-0.05, 0) is 24.3 Å². The van der Waals surface area contributed by atoms with Gasteiger partial charge in [-0.2, -0.15) is 0 Å². The molecule has 3 N–H and O–H groups in total. The number of carbonyl (C=O) groups is 1. The summed E-state index contributed by atoms with van der Waals surface area (Å²) in [5, 5.41) is 9.10. The van der Waals surface area contributed by atoms with Crippen LogP contribution in [0.2, 0.25) is 0 Å². The molecule has 0 atom stereocenters. The summed E-state index contributed by atoms with van der Waals surface area (Å²) in [5.41, 5.74) is 2.41. The Hall–Kier alpha value is -3.15. The van der Waals surface area contributed by atoms with Gasteiger partial charge in [0.25, 0.3) is 0 Å². The number of aromatic carboxylic acids is 1. The van der Waals surface area contributed by atoms with Gasteiger partial charge in [-0.25, -0.2) is 9.59 Å². The summed E-state index contributed by atoms with van der Waals surface area (Å²) in [6, 6.07) is 11.8. The third-order valence-electron chi connectivity index (χ3n) is 3.04. The first-order valence-electron chi connectivity index (χ1n) is 6.22. The predicted molar refractivity (Wildman–Crippen MR) is 79.6 cm³/mol. The van der Waals surface area contributed by atoms with Crippen molar-refractivity contribution in [1.29, 1.82) is 0 Å². The summed E-state index contributed by atoms with van der Waals surface area (Å²) in [6.45, 7) is 0. The third-order valence-corrected chi connectivity index (χ3v) is 3.04. The third kappa shape index (κ3) is 2.59. The number of aliphatic imine (C=N–C) groups is 1. The fraction of sp³-hybridized carbons (Fsp3) is 0. The molecule has 1 aromatic heterocycles. The number of hydrogen-bond acceptors (Lipinski definition) is 3. The molecule has 0 unspecified atom stereocenters. The van der Waals surface area contributed by atoms with E-state index in [0.717, 1.165) is 0 Å². The Bertz CT molecular complexity index is 906. The van der Waals surface area contributed by atoms with Crippen LogP contribution in [-0.2, 0) is 0 Å². The van der Waals surface area contributed by atoms with E-state index in [1.807, 2.05) is 0 Å². The number of rotatable bonds is 3. The monoisotopic (exact) mass is 281 g/mol. The zero-order chi connectivity index (χ0) is 14.8. The molecular weight excluding hydrogens is 270 g/mol. The van der Waals surface area contributed by atoms with Gasteiger partial charge in [0.15, 0.2) is 0 Å². The number of fused-ring (bicyclic) bond motifs is 1. The lowest BCUT2D eigenvalue weighted by molar-refractivity contribution is 0.0697. The summed E-state index contributed by atoms with van der Waals surface area (Å²) in [4.78, 5) is 31.8. The minimum absolute atomic E-state index is 0.192. The maximum absolute atomic E-state index is 11.2. The predicted octanol–water partition coefficient (Wildman–Crippen LogP) is 2.30. The molecule has 21 heavy (non-hydrogen) atoms. The second kappa shape index (κ2) is 5.09. The second-order valence-corrected chi connectivity index (χ2v) is 4.46. The van der Waals surface area contributed by atoms with Crippen molar-refractivity contribution in [1.82, 2.24) is 9.97 Å². The number of hydrogen-bond donors (Lipinski definition) is 3. The Kier molecular flexibility index (Phi) is 3.12. The number of aromatic nitrogens is 2. The van der Waals surface area contributed by atoms with Crippen LogP contribution in [0.25, 0.3) is 11.0 Å². The highest BCUT2D eigenvalue weighted by atomic mass is 16.4. The summed E-state index contributed by atoms with van der Waals surface area (Å²) in [7, 11) is 0. The highest BCUT2D eigenvalue weighted by Gasteiger charge is 2.06. The minimum atomic E-state index is -0.998. The smallest absolute Gasteiger partial charge is 0.336 e. The first kappa shape index (κ1) is 12.9. The van der Waals surface area contributed by atoms with E-state index in [0.29, 0.717) is 22.3 Å². The Labute approximate surface area is 118 Å². The van der Waals surface area contributed by atoms with Crippen LogP contribution in [0.3, 0.4) is 0 Å².